The molecule has 1 saturated heterocycles. The highest BCUT2D eigenvalue weighted by Crippen LogP contribution is 2.26. The van der Waals surface area contributed by atoms with Crippen molar-refractivity contribution in [1.82, 2.24) is 4.90 Å². The normalized spacial score (nSPS) is 21.6. The van der Waals surface area contributed by atoms with Crippen molar-refractivity contribution in [3.63, 3.8) is 0 Å². The fourth-order valence-electron chi connectivity index (χ4n) is 2.85. The monoisotopic (exact) mass is 277 g/mol. The minimum absolute atomic E-state index is 0.281. The van der Waals surface area contributed by atoms with Gasteiger partial charge in [0.2, 0.25) is 5.91 Å². The zero-order valence-electron chi connectivity index (χ0n) is 11.0. The number of hydrogen-bond donors (Lipinski definition) is 1. The van der Waals surface area contributed by atoms with E-state index in [1.54, 1.807) is 0 Å². The number of ether oxygens (including phenoxy) is 1. The van der Waals surface area contributed by atoms with Gasteiger partial charge in [-0.25, -0.2) is 0 Å². The number of benzene rings is 1. The SMILES string of the molecule is O=C1CC(CS)CN1CCc1ccc2c(c1)CCO2. The average molecular weight is 277 g/mol. The molecule has 2 aliphatic heterocycles. The molecule has 0 aromatic heterocycles. The van der Waals surface area contributed by atoms with Crippen LogP contribution in [-0.4, -0.2) is 36.3 Å². The molecule has 3 rings (SSSR count). The van der Waals surface area contributed by atoms with E-state index in [0.717, 1.165) is 44.0 Å². The highest BCUT2D eigenvalue weighted by molar-refractivity contribution is 7.80. The van der Waals surface area contributed by atoms with Gasteiger partial charge in [0, 0.05) is 25.9 Å². The molecule has 0 radical (unpaired) electrons. The Balaban J connectivity index is 1.59. The van der Waals surface area contributed by atoms with Crippen molar-refractivity contribution in [2.45, 2.75) is 19.3 Å². The summed E-state index contributed by atoms with van der Waals surface area (Å²) in [5.41, 5.74) is 2.60. The van der Waals surface area contributed by atoms with Crippen LogP contribution in [0.2, 0.25) is 0 Å². The molecule has 2 aliphatic rings. The minimum atomic E-state index is 0.281. The topological polar surface area (TPSA) is 29.5 Å². The van der Waals surface area contributed by atoms with Crippen molar-refractivity contribution in [3.8, 4) is 5.75 Å². The molecule has 4 heteroatoms. The van der Waals surface area contributed by atoms with E-state index in [4.69, 9.17) is 4.74 Å². The smallest absolute Gasteiger partial charge is 0.222 e. The number of hydrogen-bond acceptors (Lipinski definition) is 3. The Morgan fingerprint density at radius 2 is 2.32 bits per heavy atom. The van der Waals surface area contributed by atoms with E-state index in [0.29, 0.717) is 12.3 Å². The molecule has 2 heterocycles. The van der Waals surface area contributed by atoms with Crippen LogP contribution in [0.4, 0.5) is 0 Å². The molecule has 1 aromatic rings. The Bertz CT molecular complexity index is 489. The van der Waals surface area contributed by atoms with Gasteiger partial charge in [-0.15, -0.1) is 0 Å². The molecular weight excluding hydrogens is 258 g/mol. The molecule has 1 atom stereocenters. The van der Waals surface area contributed by atoms with Crippen molar-refractivity contribution in [1.29, 1.82) is 0 Å². The Morgan fingerprint density at radius 3 is 3.11 bits per heavy atom. The van der Waals surface area contributed by atoms with E-state index in [1.165, 1.54) is 11.1 Å². The zero-order chi connectivity index (χ0) is 13.2. The first-order valence-electron chi connectivity index (χ1n) is 6.89. The first-order valence-corrected chi connectivity index (χ1v) is 7.53. The van der Waals surface area contributed by atoms with Crippen LogP contribution in [0.15, 0.2) is 18.2 Å². The number of fused-ring (bicyclic) bond motifs is 1. The van der Waals surface area contributed by atoms with Gasteiger partial charge < -0.3 is 9.64 Å². The molecule has 3 nitrogen and oxygen atoms in total. The fraction of sp³-hybridized carbons (Fsp3) is 0.533. The highest BCUT2D eigenvalue weighted by atomic mass is 32.1. The van der Waals surface area contributed by atoms with Gasteiger partial charge >= 0.3 is 0 Å². The van der Waals surface area contributed by atoms with Crippen LogP contribution in [0.3, 0.4) is 0 Å². The van der Waals surface area contributed by atoms with Crippen LogP contribution in [0.25, 0.3) is 0 Å². The highest BCUT2D eigenvalue weighted by Gasteiger charge is 2.28. The van der Waals surface area contributed by atoms with Gasteiger partial charge in [-0.2, -0.15) is 12.6 Å². The van der Waals surface area contributed by atoms with Crippen LogP contribution in [-0.2, 0) is 17.6 Å². The summed E-state index contributed by atoms with van der Waals surface area (Å²) < 4.78 is 5.50. The Kier molecular flexibility index (Phi) is 3.69. The van der Waals surface area contributed by atoms with Crippen molar-refractivity contribution in [2.24, 2.45) is 5.92 Å². The number of rotatable bonds is 4. The molecule has 0 spiro atoms. The first-order chi connectivity index (χ1) is 9.26. The second-order valence-corrected chi connectivity index (χ2v) is 5.75. The second-order valence-electron chi connectivity index (χ2n) is 5.38. The molecule has 1 unspecified atom stereocenters. The van der Waals surface area contributed by atoms with E-state index in [1.807, 2.05) is 4.90 Å². The predicted molar refractivity (Wildman–Crippen MR) is 77.9 cm³/mol. The largest absolute Gasteiger partial charge is 0.493 e. The van der Waals surface area contributed by atoms with Gasteiger partial charge in [0.1, 0.15) is 5.75 Å². The maximum absolute atomic E-state index is 11.8. The summed E-state index contributed by atoms with van der Waals surface area (Å²) in [5.74, 6) is 2.54. The first kappa shape index (κ1) is 12.9. The van der Waals surface area contributed by atoms with Crippen molar-refractivity contribution in [2.75, 3.05) is 25.4 Å². The molecule has 1 amide bonds. The summed E-state index contributed by atoms with van der Waals surface area (Å²) in [6.07, 6.45) is 2.60. The lowest BCUT2D eigenvalue weighted by molar-refractivity contribution is -0.127. The lowest BCUT2D eigenvalue weighted by Crippen LogP contribution is -2.27. The molecule has 0 aliphatic carbocycles. The minimum Gasteiger partial charge on any atom is -0.493 e. The van der Waals surface area contributed by atoms with Crippen LogP contribution in [0, 0.1) is 5.92 Å². The Hall–Kier alpha value is -1.16. The average Bonchev–Trinajstić information content (AvgIpc) is 3.02. The van der Waals surface area contributed by atoms with Crippen LogP contribution in [0.1, 0.15) is 17.5 Å². The molecule has 19 heavy (non-hydrogen) atoms. The number of likely N-dealkylation sites (tertiary alicyclic amines) is 1. The maximum Gasteiger partial charge on any atom is 0.222 e. The Morgan fingerprint density at radius 1 is 1.42 bits per heavy atom. The third kappa shape index (κ3) is 2.73. The van der Waals surface area contributed by atoms with Gasteiger partial charge in [-0.05, 0) is 35.3 Å². The van der Waals surface area contributed by atoms with E-state index in [9.17, 15) is 4.79 Å². The van der Waals surface area contributed by atoms with Crippen LogP contribution in [0.5, 0.6) is 5.75 Å². The number of thiol groups is 1. The lowest BCUT2D eigenvalue weighted by Gasteiger charge is -2.16. The molecule has 102 valence electrons. The standard InChI is InChI=1S/C15H19NO2S/c17-15-8-12(10-19)9-16(15)5-3-11-1-2-14-13(7-11)4-6-18-14/h1-2,7,12,19H,3-6,8-10H2. The third-order valence-corrected chi connectivity index (χ3v) is 4.49. The number of carbonyl (C=O) groups is 1. The summed E-state index contributed by atoms with van der Waals surface area (Å²) >= 11 is 4.29. The fourth-order valence-corrected chi connectivity index (χ4v) is 3.10. The van der Waals surface area contributed by atoms with E-state index >= 15 is 0 Å². The second kappa shape index (κ2) is 5.45. The molecular formula is C15H19NO2S. The number of amides is 1. The van der Waals surface area contributed by atoms with Crippen molar-refractivity contribution < 1.29 is 9.53 Å². The van der Waals surface area contributed by atoms with Gasteiger partial charge in [0.15, 0.2) is 0 Å². The summed E-state index contributed by atoms with van der Waals surface area (Å²) in [6.45, 7) is 2.49. The van der Waals surface area contributed by atoms with Crippen molar-refractivity contribution in [3.05, 3.63) is 29.3 Å². The maximum atomic E-state index is 11.8. The third-order valence-electron chi connectivity index (χ3n) is 3.98. The zero-order valence-corrected chi connectivity index (χ0v) is 11.9. The Labute approximate surface area is 119 Å². The number of nitrogens with zero attached hydrogens (tertiary/aromatic N) is 1. The molecule has 1 aromatic carbocycles. The summed E-state index contributed by atoms with van der Waals surface area (Å²) in [4.78, 5) is 13.8. The molecule has 0 bridgehead atoms. The summed E-state index contributed by atoms with van der Waals surface area (Å²) in [7, 11) is 0. The molecule has 0 saturated carbocycles. The molecule has 0 N–H and O–H groups in total. The predicted octanol–water partition coefficient (Wildman–Crippen LogP) is 1.94. The molecule has 1 fully saturated rings. The lowest BCUT2D eigenvalue weighted by atomic mass is 10.1. The van der Waals surface area contributed by atoms with Gasteiger partial charge in [-0.1, -0.05) is 12.1 Å². The van der Waals surface area contributed by atoms with Crippen LogP contribution >= 0.6 is 12.6 Å². The van der Waals surface area contributed by atoms with E-state index in [-0.39, 0.29) is 5.91 Å². The van der Waals surface area contributed by atoms with Crippen LogP contribution < -0.4 is 4.74 Å². The van der Waals surface area contributed by atoms with Gasteiger partial charge in [0.05, 0.1) is 6.61 Å². The number of carbonyl (C=O) groups excluding carboxylic acids is 1. The van der Waals surface area contributed by atoms with Crippen molar-refractivity contribution >= 4 is 18.5 Å². The van der Waals surface area contributed by atoms with Gasteiger partial charge in [-0.3, -0.25) is 4.79 Å². The van der Waals surface area contributed by atoms with E-state index < -0.39 is 0 Å². The summed E-state index contributed by atoms with van der Waals surface area (Å²) in [5, 5.41) is 0. The van der Waals surface area contributed by atoms with E-state index in [2.05, 4.69) is 30.8 Å². The summed E-state index contributed by atoms with van der Waals surface area (Å²) in [6, 6.07) is 6.39. The van der Waals surface area contributed by atoms with Gasteiger partial charge in [0.25, 0.3) is 0 Å². The quantitative estimate of drug-likeness (QED) is 0.852.